The SMILES string of the molecule is CN=C(NCCN1CCN(C(=O)C2CCCC2)CC1)NC(C)c1cc2ccccc2o1.I. The maximum absolute atomic E-state index is 12.6. The van der Waals surface area contributed by atoms with Gasteiger partial charge in [0.05, 0.1) is 6.04 Å². The maximum atomic E-state index is 12.6. The summed E-state index contributed by atoms with van der Waals surface area (Å²) in [5.41, 5.74) is 0.902. The minimum Gasteiger partial charge on any atom is -0.459 e. The second-order valence-electron chi connectivity index (χ2n) is 8.70. The third kappa shape index (κ3) is 6.15. The van der Waals surface area contributed by atoms with E-state index in [-0.39, 0.29) is 35.9 Å². The molecule has 1 saturated carbocycles. The number of para-hydroxylation sites is 1. The zero-order chi connectivity index (χ0) is 21.6. The molecule has 2 aromatic rings. The Balaban J connectivity index is 0.00000289. The van der Waals surface area contributed by atoms with Gasteiger partial charge in [0.15, 0.2) is 5.96 Å². The summed E-state index contributed by atoms with van der Waals surface area (Å²) >= 11 is 0. The van der Waals surface area contributed by atoms with Crippen molar-refractivity contribution >= 4 is 46.8 Å². The molecule has 1 saturated heterocycles. The Morgan fingerprint density at radius 1 is 1.19 bits per heavy atom. The van der Waals surface area contributed by atoms with Crippen molar-refractivity contribution in [3.63, 3.8) is 0 Å². The molecule has 1 aromatic heterocycles. The summed E-state index contributed by atoms with van der Waals surface area (Å²) in [5, 5.41) is 7.92. The summed E-state index contributed by atoms with van der Waals surface area (Å²) in [4.78, 5) is 21.4. The highest BCUT2D eigenvalue weighted by atomic mass is 127. The second-order valence-corrected chi connectivity index (χ2v) is 8.70. The molecule has 7 nitrogen and oxygen atoms in total. The zero-order valence-electron chi connectivity index (χ0n) is 19.2. The van der Waals surface area contributed by atoms with E-state index in [1.807, 2.05) is 18.2 Å². The molecule has 176 valence electrons. The number of benzene rings is 1. The number of halogens is 1. The normalized spacial score (nSPS) is 19.1. The second kappa shape index (κ2) is 11.9. The van der Waals surface area contributed by atoms with Gasteiger partial charge in [0.2, 0.25) is 5.91 Å². The van der Waals surface area contributed by atoms with Crippen LogP contribution < -0.4 is 10.6 Å². The van der Waals surface area contributed by atoms with Crippen molar-refractivity contribution < 1.29 is 9.21 Å². The quantitative estimate of drug-likeness (QED) is 0.325. The molecule has 1 aliphatic heterocycles. The molecule has 1 atom stereocenters. The van der Waals surface area contributed by atoms with Gasteiger partial charge in [-0.3, -0.25) is 14.7 Å². The summed E-state index contributed by atoms with van der Waals surface area (Å²) in [6.07, 6.45) is 4.60. The first-order chi connectivity index (χ1) is 15.1. The largest absolute Gasteiger partial charge is 0.459 e. The van der Waals surface area contributed by atoms with Gasteiger partial charge in [0, 0.05) is 57.6 Å². The molecule has 2 N–H and O–H groups in total. The average molecular weight is 553 g/mol. The fourth-order valence-corrected chi connectivity index (χ4v) is 4.64. The lowest BCUT2D eigenvalue weighted by Gasteiger charge is -2.36. The first kappa shape index (κ1) is 24.8. The van der Waals surface area contributed by atoms with Crippen LogP contribution in [0.2, 0.25) is 0 Å². The summed E-state index contributed by atoms with van der Waals surface area (Å²) in [7, 11) is 1.79. The molecular formula is C24H36IN5O2. The number of nitrogens with one attached hydrogen (secondary N) is 2. The van der Waals surface area contributed by atoms with Gasteiger partial charge in [-0.1, -0.05) is 31.0 Å². The number of hydrogen-bond donors (Lipinski definition) is 2. The van der Waals surface area contributed by atoms with E-state index in [2.05, 4.69) is 44.5 Å². The topological polar surface area (TPSA) is 73.1 Å². The number of amides is 1. The van der Waals surface area contributed by atoms with E-state index >= 15 is 0 Å². The first-order valence-corrected chi connectivity index (χ1v) is 11.6. The van der Waals surface area contributed by atoms with Crippen LogP contribution in [0.25, 0.3) is 11.0 Å². The number of carbonyl (C=O) groups is 1. The van der Waals surface area contributed by atoms with Crippen molar-refractivity contribution in [1.82, 2.24) is 20.4 Å². The number of hydrogen-bond acceptors (Lipinski definition) is 4. The molecule has 32 heavy (non-hydrogen) atoms. The lowest BCUT2D eigenvalue weighted by Crippen LogP contribution is -2.52. The first-order valence-electron chi connectivity index (χ1n) is 11.6. The predicted molar refractivity (Wildman–Crippen MR) is 140 cm³/mol. The molecule has 1 aromatic carbocycles. The van der Waals surface area contributed by atoms with Gasteiger partial charge >= 0.3 is 0 Å². The minimum absolute atomic E-state index is 0. The summed E-state index contributed by atoms with van der Waals surface area (Å²) in [6, 6.07) is 10.1. The van der Waals surface area contributed by atoms with Gasteiger partial charge in [-0.15, -0.1) is 24.0 Å². The molecule has 8 heteroatoms. The molecule has 1 unspecified atom stereocenters. The standard InChI is InChI=1S/C24H35N5O2.HI/c1-18(22-17-20-9-5-6-10-21(20)31-22)27-24(25-2)26-11-12-28-13-15-29(16-14-28)23(30)19-7-3-4-8-19;/h5-6,9-10,17-19H,3-4,7-8,11-16H2,1-2H3,(H2,25,26,27);1H. The lowest BCUT2D eigenvalue weighted by atomic mass is 10.1. The number of guanidine groups is 1. The molecule has 0 radical (unpaired) electrons. The Kier molecular flexibility index (Phi) is 9.22. The number of aliphatic imine (C=N–C) groups is 1. The molecule has 1 aliphatic carbocycles. The van der Waals surface area contributed by atoms with Crippen LogP contribution in [0.15, 0.2) is 39.7 Å². The van der Waals surface area contributed by atoms with Gasteiger partial charge in [0.25, 0.3) is 0 Å². The van der Waals surface area contributed by atoms with Crippen molar-refractivity contribution in [3.05, 3.63) is 36.1 Å². The molecule has 4 rings (SSSR count). The molecular weight excluding hydrogens is 517 g/mol. The van der Waals surface area contributed by atoms with Gasteiger partial charge in [-0.05, 0) is 31.9 Å². The maximum Gasteiger partial charge on any atom is 0.225 e. The number of nitrogens with zero attached hydrogens (tertiary/aromatic N) is 3. The third-order valence-corrected chi connectivity index (χ3v) is 6.56. The number of rotatable bonds is 6. The van der Waals surface area contributed by atoms with Crippen LogP contribution in [-0.4, -0.2) is 68.0 Å². The molecule has 2 heterocycles. The number of piperazine rings is 1. The minimum atomic E-state index is 0. The zero-order valence-corrected chi connectivity index (χ0v) is 21.5. The van der Waals surface area contributed by atoms with E-state index in [4.69, 9.17) is 4.42 Å². The van der Waals surface area contributed by atoms with E-state index in [1.165, 1.54) is 12.8 Å². The van der Waals surface area contributed by atoms with Crippen molar-refractivity contribution in [2.24, 2.45) is 10.9 Å². The van der Waals surface area contributed by atoms with E-state index in [9.17, 15) is 4.79 Å². The Bertz CT molecular complexity index is 868. The third-order valence-electron chi connectivity index (χ3n) is 6.56. The van der Waals surface area contributed by atoms with Crippen molar-refractivity contribution in [3.8, 4) is 0 Å². The van der Waals surface area contributed by atoms with E-state index in [0.717, 1.165) is 74.8 Å². The molecule has 2 aliphatic rings. The van der Waals surface area contributed by atoms with E-state index in [1.54, 1.807) is 7.05 Å². The van der Waals surface area contributed by atoms with Crippen molar-refractivity contribution in [2.75, 3.05) is 46.3 Å². The number of furan rings is 1. The lowest BCUT2D eigenvalue weighted by molar-refractivity contribution is -0.137. The van der Waals surface area contributed by atoms with Gasteiger partial charge < -0.3 is 20.0 Å². The fourth-order valence-electron chi connectivity index (χ4n) is 4.64. The Morgan fingerprint density at radius 3 is 2.59 bits per heavy atom. The highest BCUT2D eigenvalue weighted by molar-refractivity contribution is 14.0. The Morgan fingerprint density at radius 2 is 1.91 bits per heavy atom. The summed E-state index contributed by atoms with van der Waals surface area (Å²) in [5.74, 6) is 2.34. The van der Waals surface area contributed by atoms with Crippen LogP contribution in [0.5, 0.6) is 0 Å². The summed E-state index contributed by atoms with van der Waals surface area (Å²) < 4.78 is 5.96. The number of carbonyl (C=O) groups excluding carboxylic acids is 1. The van der Waals surface area contributed by atoms with Crippen molar-refractivity contribution in [2.45, 2.75) is 38.6 Å². The van der Waals surface area contributed by atoms with Gasteiger partial charge in [-0.2, -0.15) is 0 Å². The highest BCUT2D eigenvalue weighted by Crippen LogP contribution is 2.27. The fraction of sp³-hybridized carbons (Fsp3) is 0.583. The smallest absolute Gasteiger partial charge is 0.225 e. The van der Waals surface area contributed by atoms with Crippen molar-refractivity contribution in [1.29, 1.82) is 0 Å². The van der Waals surface area contributed by atoms with Crippen LogP contribution in [0.3, 0.4) is 0 Å². The van der Waals surface area contributed by atoms with Crippen LogP contribution in [0, 0.1) is 5.92 Å². The molecule has 2 fully saturated rings. The average Bonchev–Trinajstić information content (AvgIpc) is 3.48. The highest BCUT2D eigenvalue weighted by Gasteiger charge is 2.29. The van der Waals surface area contributed by atoms with E-state index in [0.29, 0.717) is 5.91 Å². The monoisotopic (exact) mass is 553 g/mol. The molecule has 0 spiro atoms. The Labute approximate surface area is 208 Å². The van der Waals surface area contributed by atoms with Crippen LogP contribution >= 0.6 is 24.0 Å². The van der Waals surface area contributed by atoms with Crippen LogP contribution in [-0.2, 0) is 4.79 Å². The summed E-state index contributed by atoms with van der Waals surface area (Å²) in [6.45, 7) is 7.42. The predicted octanol–water partition coefficient (Wildman–Crippen LogP) is 3.61. The number of fused-ring (bicyclic) bond motifs is 1. The van der Waals surface area contributed by atoms with E-state index < -0.39 is 0 Å². The van der Waals surface area contributed by atoms with Crippen LogP contribution in [0.1, 0.15) is 44.4 Å². The molecule has 0 bridgehead atoms. The van der Waals surface area contributed by atoms with Gasteiger partial charge in [-0.25, -0.2) is 0 Å². The van der Waals surface area contributed by atoms with Gasteiger partial charge in [0.1, 0.15) is 11.3 Å². The van der Waals surface area contributed by atoms with Crippen LogP contribution in [0.4, 0.5) is 0 Å². The Hall–Kier alpha value is -1.81. The molecule has 1 amide bonds.